The Bertz CT molecular complexity index is 155. The minimum atomic E-state index is 0.0128. The van der Waals surface area contributed by atoms with Crippen molar-refractivity contribution in [3.63, 3.8) is 0 Å². The molecule has 0 radical (unpaired) electrons. The van der Waals surface area contributed by atoms with E-state index < -0.39 is 0 Å². The van der Waals surface area contributed by atoms with Gasteiger partial charge in [0.25, 0.3) is 0 Å². The lowest BCUT2D eigenvalue weighted by Crippen LogP contribution is -2.54. The molecule has 2 aliphatic rings. The van der Waals surface area contributed by atoms with E-state index in [2.05, 4.69) is 12.2 Å². The first-order chi connectivity index (χ1) is 5.85. The SMILES string of the molecule is CC[C@@H]1CNC[C@]2(CCOC2)O1. The van der Waals surface area contributed by atoms with Gasteiger partial charge in [-0.2, -0.15) is 0 Å². The molecule has 2 atom stereocenters. The Hall–Kier alpha value is -0.120. The Morgan fingerprint density at radius 1 is 1.58 bits per heavy atom. The quantitative estimate of drug-likeness (QED) is 0.624. The van der Waals surface area contributed by atoms with Crippen molar-refractivity contribution in [2.75, 3.05) is 26.3 Å². The van der Waals surface area contributed by atoms with Crippen LogP contribution in [0.2, 0.25) is 0 Å². The second kappa shape index (κ2) is 3.32. The molecule has 0 unspecified atom stereocenters. The van der Waals surface area contributed by atoms with Gasteiger partial charge in [-0.25, -0.2) is 0 Å². The van der Waals surface area contributed by atoms with Gasteiger partial charge in [-0.3, -0.25) is 0 Å². The maximum Gasteiger partial charge on any atom is 0.106 e. The van der Waals surface area contributed by atoms with Crippen LogP contribution in [0.5, 0.6) is 0 Å². The summed E-state index contributed by atoms with van der Waals surface area (Å²) >= 11 is 0. The Labute approximate surface area is 73.4 Å². The van der Waals surface area contributed by atoms with E-state index in [1.807, 2.05) is 0 Å². The van der Waals surface area contributed by atoms with Crippen LogP contribution < -0.4 is 5.32 Å². The molecule has 2 aliphatic heterocycles. The molecule has 12 heavy (non-hydrogen) atoms. The summed E-state index contributed by atoms with van der Waals surface area (Å²) in [5, 5.41) is 3.41. The van der Waals surface area contributed by atoms with Gasteiger partial charge in [0.15, 0.2) is 0 Å². The molecule has 70 valence electrons. The van der Waals surface area contributed by atoms with E-state index in [4.69, 9.17) is 9.47 Å². The molecule has 0 aromatic carbocycles. The number of ether oxygens (including phenoxy) is 2. The van der Waals surface area contributed by atoms with Gasteiger partial charge in [0.2, 0.25) is 0 Å². The topological polar surface area (TPSA) is 30.5 Å². The summed E-state index contributed by atoms with van der Waals surface area (Å²) in [7, 11) is 0. The van der Waals surface area contributed by atoms with Gasteiger partial charge >= 0.3 is 0 Å². The van der Waals surface area contributed by atoms with E-state index in [-0.39, 0.29) is 5.60 Å². The van der Waals surface area contributed by atoms with E-state index in [9.17, 15) is 0 Å². The highest BCUT2D eigenvalue weighted by molar-refractivity contribution is 4.91. The second-order valence-corrected chi connectivity index (χ2v) is 3.76. The van der Waals surface area contributed by atoms with Crippen molar-refractivity contribution in [1.29, 1.82) is 0 Å². The highest BCUT2D eigenvalue weighted by atomic mass is 16.6. The monoisotopic (exact) mass is 171 g/mol. The smallest absolute Gasteiger partial charge is 0.106 e. The summed E-state index contributed by atoms with van der Waals surface area (Å²) in [6, 6.07) is 0. The van der Waals surface area contributed by atoms with Crippen LogP contribution in [0.1, 0.15) is 19.8 Å². The summed E-state index contributed by atoms with van der Waals surface area (Å²) in [5.74, 6) is 0. The normalized spacial score (nSPS) is 42.2. The van der Waals surface area contributed by atoms with Gasteiger partial charge < -0.3 is 14.8 Å². The van der Waals surface area contributed by atoms with Crippen molar-refractivity contribution in [2.45, 2.75) is 31.5 Å². The Kier molecular flexibility index (Phi) is 2.35. The third kappa shape index (κ3) is 1.49. The molecule has 2 rings (SSSR count). The molecule has 2 fully saturated rings. The van der Waals surface area contributed by atoms with E-state index in [1.165, 1.54) is 0 Å². The molecular weight excluding hydrogens is 154 g/mol. The largest absolute Gasteiger partial charge is 0.378 e. The average Bonchev–Trinajstić information content (AvgIpc) is 2.53. The maximum absolute atomic E-state index is 6.00. The molecular formula is C9H17NO2. The van der Waals surface area contributed by atoms with Crippen LogP contribution in [0, 0.1) is 0 Å². The van der Waals surface area contributed by atoms with Crippen molar-refractivity contribution in [3.05, 3.63) is 0 Å². The fourth-order valence-electron chi connectivity index (χ4n) is 1.95. The van der Waals surface area contributed by atoms with Crippen molar-refractivity contribution < 1.29 is 9.47 Å². The van der Waals surface area contributed by atoms with Crippen LogP contribution in [0.3, 0.4) is 0 Å². The first-order valence-corrected chi connectivity index (χ1v) is 4.81. The highest BCUT2D eigenvalue weighted by Gasteiger charge is 2.40. The van der Waals surface area contributed by atoms with Crippen molar-refractivity contribution in [2.24, 2.45) is 0 Å². The molecule has 0 aromatic rings. The van der Waals surface area contributed by atoms with Crippen molar-refractivity contribution in [1.82, 2.24) is 5.32 Å². The molecule has 0 aliphatic carbocycles. The van der Waals surface area contributed by atoms with Crippen LogP contribution in [0.25, 0.3) is 0 Å². The minimum Gasteiger partial charge on any atom is -0.378 e. The van der Waals surface area contributed by atoms with Gasteiger partial charge in [-0.1, -0.05) is 6.92 Å². The zero-order valence-electron chi connectivity index (χ0n) is 7.64. The van der Waals surface area contributed by atoms with Crippen LogP contribution in [-0.2, 0) is 9.47 Å². The number of rotatable bonds is 1. The summed E-state index contributed by atoms with van der Waals surface area (Å²) in [6.45, 7) is 5.76. The Morgan fingerprint density at radius 3 is 3.17 bits per heavy atom. The predicted molar refractivity (Wildman–Crippen MR) is 46.2 cm³/mol. The van der Waals surface area contributed by atoms with Crippen LogP contribution >= 0.6 is 0 Å². The first kappa shape index (κ1) is 8.48. The molecule has 1 spiro atoms. The molecule has 3 heteroatoms. The first-order valence-electron chi connectivity index (χ1n) is 4.81. The standard InChI is InChI=1S/C9H17NO2/c1-2-8-5-10-6-9(12-8)3-4-11-7-9/h8,10H,2-7H2,1H3/t8-,9+/m1/s1. The minimum absolute atomic E-state index is 0.0128. The lowest BCUT2D eigenvalue weighted by atomic mass is 10.0. The van der Waals surface area contributed by atoms with E-state index in [0.29, 0.717) is 6.10 Å². The van der Waals surface area contributed by atoms with Gasteiger partial charge in [-0.05, 0) is 6.42 Å². The number of hydrogen-bond acceptors (Lipinski definition) is 3. The fraction of sp³-hybridized carbons (Fsp3) is 1.00. The average molecular weight is 171 g/mol. The third-order valence-corrected chi connectivity index (χ3v) is 2.76. The Morgan fingerprint density at radius 2 is 2.50 bits per heavy atom. The van der Waals surface area contributed by atoms with E-state index in [0.717, 1.165) is 39.1 Å². The van der Waals surface area contributed by atoms with Crippen molar-refractivity contribution >= 4 is 0 Å². The lowest BCUT2D eigenvalue weighted by molar-refractivity contribution is -0.116. The van der Waals surface area contributed by atoms with E-state index >= 15 is 0 Å². The molecule has 0 bridgehead atoms. The fourth-order valence-corrected chi connectivity index (χ4v) is 1.95. The van der Waals surface area contributed by atoms with Crippen LogP contribution in [0.4, 0.5) is 0 Å². The Balaban J connectivity index is 1.97. The number of nitrogens with one attached hydrogen (secondary N) is 1. The predicted octanol–water partition coefficient (Wildman–Crippen LogP) is 0.544. The summed E-state index contributed by atoms with van der Waals surface area (Å²) < 4.78 is 11.4. The summed E-state index contributed by atoms with van der Waals surface area (Å²) in [6.07, 6.45) is 2.53. The zero-order chi connectivity index (χ0) is 8.44. The number of morpholine rings is 1. The van der Waals surface area contributed by atoms with Gasteiger partial charge in [0.05, 0.1) is 12.7 Å². The number of hydrogen-bond donors (Lipinski definition) is 1. The van der Waals surface area contributed by atoms with Gasteiger partial charge in [0.1, 0.15) is 5.60 Å². The molecule has 1 N–H and O–H groups in total. The van der Waals surface area contributed by atoms with Crippen LogP contribution in [-0.4, -0.2) is 38.0 Å². The summed E-state index contributed by atoms with van der Waals surface area (Å²) in [5.41, 5.74) is 0.0128. The van der Waals surface area contributed by atoms with Crippen LogP contribution in [0.15, 0.2) is 0 Å². The van der Waals surface area contributed by atoms with E-state index in [1.54, 1.807) is 0 Å². The van der Waals surface area contributed by atoms with Gasteiger partial charge in [-0.15, -0.1) is 0 Å². The highest BCUT2D eigenvalue weighted by Crippen LogP contribution is 2.27. The summed E-state index contributed by atoms with van der Waals surface area (Å²) in [4.78, 5) is 0. The second-order valence-electron chi connectivity index (χ2n) is 3.76. The molecule has 0 saturated carbocycles. The molecule has 2 heterocycles. The molecule has 3 nitrogen and oxygen atoms in total. The van der Waals surface area contributed by atoms with Gasteiger partial charge in [0, 0.05) is 26.1 Å². The molecule has 0 aromatic heterocycles. The molecule has 2 saturated heterocycles. The molecule has 0 amide bonds. The van der Waals surface area contributed by atoms with Crippen molar-refractivity contribution in [3.8, 4) is 0 Å². The third-order valence-electron chi connectivity index (χ3n) is 2.76. The zero-order valence-corrected chi connectivity index (χ0v) is 7.64. The lowest BCUT2D eigenvalue weighted by Gasteiger charge is -2.37. The maximum atomic E-state index is 6.00.